The van der Waals surface area contributed by atoms with Crippen molar-refractivity contribution < 1.29 is 4.79 Å². The molecule has 146 valence electrons. The highest BCUT2D eigenvalue weighted by molar-refractivity contribution is 9.10. The van der Waals surface area contributed by atoms with Gasteiger partial charge >= 0.3 is 0 Å². The van der Waals surface area contributed by atoms with Gasteiger partial charge < -0.3 is 9.88 Å². The Hall–Kier alpha value is -2.14. The second-order valence-electron chi connectivity index (χ2n) is 7.61. The molecule has 0 bridgehead atoms. The Balaban J connectivity index is 1.49. The van der Waals surface area contributed by atoms with Crippen LogP contribution in [0.1, 0.15) is 43.5 Å². The first-order valence-corrected chi connectivity index (χ1v) is 11.0. The molecule has 0 saturated heterocycles. The molecule has 1 saturated carbocycles. The van der Waals surface area contributed by atoms with Gasteiger partial charge in [0.2, 0.25) is 5.91 Å². The summed E-state index contributed by atoms with van der Waals surface area (Å²) in [7, 11) is 0. The Labute approximate surface area is 174 Å². The van der Waals surface area contributed by atoms with Crippen LogP contribution in [0.25, 0.3) is 11.0 Å². The van der Waals surface area contributed by atoms with Crippen LogP contribution in [-0.4, -0.2) is 22.0 Å². The van der Waals surface area contributed by atoms with Gasteiger partial charge in [0.1, 0.15) is 5.82 Å². The predicted octanol–water partition coefficient (Wildman–Crippen LogP) is 5.09. The number of benzene rings is 2. The van der Waals surface area contributed by atoms with Gasteiger partial charge in [-0.2, -0.15) is 0 Å². The largest absolute Gasteiger partial charge is 0.355 e. The quantitative estimate of drug-likeness (QED) is 0.581. The summed E-state index contributed by atoms with van der Waals surface area (Å²) in [6, 6.07) is 16.6. The number of amides is 1. The van der Waals surface area contributed by atoms with E-state index < -0.39 is 0 Å². The highest BCUT2D eigenvalue weighted by Gasteiger charge is 2.20. The Morgan fingerprint density at radius 2 is 1.93 bits per heavy atom. The summed E-state index contributed by atoms with van der Waals surface area (Å²) in [5.74, 6) is 1.44. The number of rotatable bonds is 6. The zero-order chi connectivity index (χ0) is 19.3. The van der Waals surface area contributed by atoms with Crippen LogP contribution in [0.15, 0.2) is 53.0 Å². The maximum absolute atomic E-state index is 12.4. The van der Waals surface area contributed by atoms with E-state index in [1.54, 1.807) is 0 Å². The Bertz CT molecular complexity index is 959. The summed E-state index contributed by atoms with van der Waals surface area (Å²) < 4.78 is 3.35. The van der Waals surface area contributed by atoms with Gasteiger partial charge in [0.15, 0.2) is 0 Å². The number of nitrogens with one attached hydrogen (secondary N) is 1. The zero-order valence-electron chi connectivity index (χ0n) is 16.0. The number of imidazole rings is 1. The molecule has 0 spiro atoms. The molecule has 1 aliphatic rings. The van der Waals surface area contributed by atoms with Crippen LogP contribution in [-0.2, 0) is 17.8 Å². The Kier molecular flexibility index (Phi) is 6.10. The number of para-hydroxylation sites is 2. The van der Waals surface area contributed by atoms with Crippen LogP contribution in [0.2, 0.25) is 0 Å². The summed E-state index contributed by atoms with van der Waals surface area (Å²) in [5, 5.41) is 3.15. The fourth-order valence-electron chi connectivity index (χ4n) is 4.12. The number of aromatic nitrogens is 2. The van der Waals surface area contributed by atoms with Gasteiger partial charge in [-0.05, 0) is 42.7 Å². The molecule has 5 heteroatoms. The van der Waals surface area contributed by atoms with E-state index in [1.807, 2.05) is 12.1 Å². The summed E-state index contributed by atoms with van der Waals surface area (Å²) in [4.78, 5) is 17.3. The highest BCUT2D eigenvalue weighted by atomic mass is 79.9. The minimum absolute atomic E-state index is 0.203. The van der Waals surface area contributed by atoms with Crippen molar-refractivity contribution in [3.63, 3.8) is 0 Å². The number of halogens is 1. The van der Waals surface area contributed by atoms with Crippen LogP contribution >= 0.6 is 15.9 Å². The fourth-order valence-corrected chi connectivity index (χ4v) is 4.56. The van der Waals surface area contributed by atoms with Crippen molar-refractivity contribution in [2.75, 3.05) is 6.54 Å². The molecule has 0 atom stereocenters. The van der Waals surface area contributed by atoms with Crippen LogP contribution < -0.4 is 5.32 Å². The first-order chi connectivity index (χ1) is 13.7. The molecular formula is C23H26BrN3O. The first kappa shape index (κ1) is 19.2. The molecule has 2 aromatic carbocycles. The number of fused-ring (bicyclic) bond motifs is 1. The van der Waals surface area contributed by atoms with Gasteiger partial charge in [0.25, 0.3) is 0 Å². The average molecular weight is 440 g/mol. The lowest BCUT2D eigenvalue weighted by Crippen LogP contribution is -2.33. The number of hydrogen-bond acceptors (Lipinski definition) is 2. The summed E-state index contributed by atoms with van der Waals surface area (Å²) in [6.45, 7) is 1.41. The van der Waals surface area contributed by atoms with Crippen molar-refractivity contribution in [1.82, 2.24) is 14.9 Å². The molecule has 1 heterocycles. The van der Waals surface area contributed by atoms with Crippen molar-refractivity contribution in [2.45, 2.75) is 45.1 Å². The van der Waals surface area contributed by atoms with E-state index in [2.05, 4.69) is 62.2 Å². The van der Waals surface area contributed by atoms with E-state index in [0.29, 0.717) is 6.54 Å². The lowest BCUT2D eigenvalue weighted by molar-refractivity contribution is -0.125. The molecule has 0 radical (unpaired) electrons. The Morgan fingerprint density at radius 1 is 1.11 bits per heavy atom. The van der Waals surface area contributed by atoms with Gasteiger partial charge in [-0.1, -0.05) is 59.5 Å². The van der Waals surface area contributed by atoms with Gasteiger partial charge in [-0.3, -0.25) is 4.79 Å². The molecule has 4 nitrogen and oxygen atoms in total. The van der Waals surface area contributed by atoms with Gasteiger partial charge in [0.05, 0.1) is 11.0 Å². The number of nitrogens with zero attached hydrogens (tertiary/aromatic N) is 2. The third-order valence-electron chi connectivity index (χ3n) is 5.59. The Morgan fingerprint density at radius 3 is 2.75 bits per heavy atom. The second kappa shape index (κ2) is 8.91. The normalized spacial score (nSPS) is 15.0. The molecule has 0 aliphatic heterocycles. The van der Waals surface area contributed by atoms with E-state index in [4.69, 9.17) is 4.98 Å². The van der Waals surface area contributed by atoms with Crippen LogP contribution in [0, 0.1) is 5.92 Å². The van der Waals surface area contributed by atoms with Crippen LogP contribution in [0.3, 0.4) is 0 Å². The van der Waals surface area contributed by atoms with E-state index in [0.717, 1.165) is 47.1 Å². The number of hydrogen-bond donors (Lipinski definition) is 1. The predicted molar refractivity (Wildman–Crippen MR) is 116 cm³/mol. The molecule has 4 rings (SSSR count). The molecule has 1 amide bonds. The molecule has 3 aromatic rings. The molecule has 28 heavy (non-hydrogen) atoms. The molecule has 1 N–H and O–H groups in total. The standard InChI is InChI=1S/C23H26BrN3O/c24-19-10-6-7-17(15-19)16-27-21-12-5-4-11-20(21)26-22(27)13-14-25-23(28)18-8-2-1-3-9-18/h4-7,10-12,15,18H,1-3,8-9,13-14,16H2,(H,25,28). The van der Waals surface area contributed by atoms with Crippen LogP contribution in [0.4, 0.5) is 0 Å². The third kappa shape index (κ3) is 4.46. The van der Waals surface area contributed by atoms with E-state index in [9.17, 15) is 4.79 Å². The first-order valence-electron chi connectivity index (χ1n) is 10.2. The summed E-state index contributed by atoms with van der Waals surface area (Å²) >= 11 is 3.56. The second-order valence-corrected chi connectivity index (χ2v) is 8.52. The lowest BCUT2D eigenvalue weighted by Gasteiger charge is -2.20. The third-order valence-corrected chi connectivity index (χ3v) is 6.08. The fraction of sp³-hybridized carbons (Fsp3) is 0.391. The molecule has 1 aliphatic carbocycles. The van der Waals surface area contributed by atoms with Gasteiger partial charge in [0, 0.05) is 29.9 Å². The van der Waals surface area contributed by atoms with Gasteiger partial charge in [-0.15, -0.1) is 0 Å². The highest BCUT2D eigenvalue weighted by Crippen LogP contribution is 2.24. The van der Waals surface area contributed by atoms with Crippen LogP contribution in [0.5, 0.6) is 0 Å². The maximum atomic E-state index is 12.4. The van der Waals surface area contributed by atoms with E-state index in [-0.39, 0.29) is 11.8 Å². The minimum atomic E-state index is 0.203. The maximum Gasteiger partial charge on any atom is 0.223 e. The molecular weight excluding hydrogens is 414 g/mol. The smallest absolute Gasteiger partial charge is 0.223 e. The average Bonchev–Trinajstić information content (AvgIpc) is 3.06. The van der Waals surface area contributed by atoms with Crippen molar-refractivity contribution in [1.29, 1.82) is 0 Å². The molecule has 0 unspecified atom stereocenters. The lowest BCUT2D eigenvalue weighted by atomic mass is 9.89. The summed E-state index contributed by atoms with van der Waals surface area (Å²) in [5.41, 5.74) is 3.37. The zero-order valence-corrected chi connectivity index (χ0v) is 17.6. The van der Waals surface area contributed by atoms with Crippen molar-refractivity contribution in [3.8, 4) is 0 Å². The number of carbonyl (C=O) groups excluding carboxylic acids is 1. The monoisotopic (exact) mass is 439 g/mol. The van der Waals surface area contributed by atoms with Crippen molar-refractivity contribution in [3.05, 3.63) is 64.4 Å². The summed E-state index contributed by atoms with van der Waals surface area (Å²) in [6.07, 6.45) is 6.44. The van der Waals surface area contributed by atoms with E-state index >= 15 is 0 Å². The SMILES string of the molecule is O=C(NCCc1nc2ccccc2n1Cc1cccc(Br)c1)C1CCCCC1. The molecule has 1 fully saturated rings. The molecule has 1 aromatic heterocycles. The van der Waals surface area contributed by atoms with Crippen molar-refractivity contribution >= 4 is 32.9 Å². The topological polar surface area (TPSA) is 46.9 Å². The van der Waals surface area contributed by atoms with Crippen molar-refractivity contribution in [2.24, 2.45) is 5.92 Å². The van der Waals surface area contributed by atoms with Gasteiger partial charge in [-0.25, -0.2) is 4.98 Å². The minimum Gasteiger partial charge on any atom is -0.355 e. The van der Waals surface area contributed by atoms with E-state index in [1.165, 1.54) is 24.8 Å². The number of carbonyl (C=O) groups is 1.